The zero-order chi connectivity index (χ0) is 25.1. The molecule has 1 saturated carbocycles. The Morgan fingerprint density at radius 3 is 2.58 bits per heavy atom. The summed E-state index contributed by atoms with van der Waals surface area (Å²) in [7, 11) is -4.04. The molecular weight excluding hydrogens is 482 g/mol. The molecule has 0 amide bonds. The van der Waals surface area contributed by atoms with Crippen LogP contribution in [0.1, 0.15) is 24.1 Å². The third kappa shape index (κ3) is 5.88. The van der Waals surface area contributed by atoms with E-state index in [1.54, 1.807) is 0 Å². The second kappa shape index (κ2) is 10.3. The van der Waals surface area contributed by atoms with Gasteiger partial charge in [-0.1, -0.05) is 30.3 Å². The average Bonchev–Trinajstić information content (AvgIpc) is 3.46. The molecule has 3 atom stereocenters. The highest BCUT2D eigenvalue weighted by molar-refractivity contribution is 7.84. The number of ether oxygens (including phenoxy) is 1. The van der Waals surface area contributed by atoms with Crippen LogP contribution in [0.2, 0.25) is 0 Å². The fraction of sp³-hybridized carbons (Fsp3) is 0.320. The third-order valence-electron chi connectivity index (χ3n) is 6.43. The van der Waals surface area contributed by atoms with Gasteiger partial charge in [-0.3, -0.25) is 4.18 Å². The molecule has 1 aliphatic carbocycles. The van der Waals surface area contributed by atoms with Gasteiger partial charge < -0.3 is 14.8 Å². The highest BCUT2D eigenvalue weighted by Crippen LogP contribution is 2.35. The number of benzene rings is 2. The quantitative estimate of drug-likeness (QED) is 0.311. The molecule has 1 aliphatic rings. The maximum atomic E-state index is 11.1. The Morgan fingerprint density at radius 2 is 1.83 bits per heavy atom. The number of imidazole rings is 1. The van der Waals surface area contributed by atoms with Crippen LogP contribution in [0, 0.1) is 11.8 Å². The highest BCUT2D eigenvalue weighted by atomic mass is 32.2. The summed E-state index contributed by atoms with van der Waals surface area (Å²) in [6.45, 7) is 0.365. The van der Waals surface area contributed by atoms with E-state index in [0.29, 0.717) is 37.3 Å². The van der Waals surface area contributed by atoms with Crippen LogP contribution in [0.25, 0.3) is 22.6 Å². The van der Waals surface area contributed by atoms with Gasteiger partial charge >= 0.3 is 10.3 Å². The van der Waals surface area contributed by atoms with Crippen molar-refractivity contribution in [3.05, 3.63) is 72.2 Å². The van der Waals surface area contributed by atoms with Crippen molar-refractivity contribution in [3.63, 3.8) is 0 Å². The number of hydrogen-bond acceptors (Lipinski definition) is 8. The normalized spacial score (nSPS) is 20.1. The number of aromatic nitrogens is 4. The van der Waals surface area contributed by atoms with Crippen molar-refractivity contribution in [3.8, 4) is 17.1 Å². The predicted molar refractivity (Wildman–Crippen MR) is 133 cm³/mol. The first kappa shape index (κ1) is 24.3. The molecule has 2 aromatic heterocycles. The van der Waals surface area contributed by atoms with Crippen molar-refractivity contribution >= 4 is 21.5 Å². The summed E-state index contributed by atoms with van der Waals surface area (Å²) in [5.41, 5.74) is 4.10. The van der Waals surface area contributed by atoms with Gasteiger partial charge in [-0.15, -0.1) is 0 Å². The summed E-state index contributed by atoms with van der Waals surface area (Å²) in [6, 6.07) is 17.7. The molecule has 36 heavy (non-hydrogen) atoms. The van der Waals surface area contributed by atoms with Crippen LogP contribution in [0.3, 0.4) is 0 Å². The van der Waals surface area contributed by atoms with E-state index >= 15 is 0 Å². The van der Waals surface area contributed by atoms with Crippen LogP contribution in [0.4, 0.5) is 0 Å². The van der Waals surface area contributed by atoms with Gasteiger partial charge in [-0.2, -0.15) is 8.42 Å². The molecule has 2 aromatic carbocycles. The molecule has 2 heterocycles. The number of nitrogens with two attached hydrogens (primary N) is 1. The predicted octanol–water partition coefficient (Wildman–Crippen LogP) is 2.75. The maximum Gasteiger partial charge on any atom is 0.333 e. The van der Waals surface area contributed by atoms with Gasteiger partial charge in [0.05, 0.1) is 18.4 Å². The highest BCUT2D eigenvalue weighted by Gasteiger charge is 2.34. The van der Waals surface area contributed by atoms with Crippen LogP contribution in [-0.2, 0) is 27.5 Å². The van der Waals surface area contributed by atoms with E-state index in [-0.39, 0.29) is 18.4 Å². The molecule has 4 N–H and O–H groups in total. The number of nitrogens with zero attached hydrogens (tertiary/aromatic N) is 3. The summed E-state index contributed by atoms with van der Waals surface area (Å²) in [6.07, 6.45) is 2.54. The molecule has 188 valence electrons. The number of aliphatic hydroxyl groups is 1. The van der Waals surface area contributed by atoms with Crippen LogP contribution >= 0.6 is 0 Å². The monoisotopic (exact) mass is 509 g/mol. The number of fused-ring (bicyclic) bond motifs is 1. The summed E-state index contributed by atoms with van der Waals surface area (Å²) in [5.74, 6) is 1.25. The minimum atomic E-state index is -4.04. The van der Waals surface area contributed by atoms with E-state index in [1.165, 1.54) is 6.33 Å². The van der Waals surface area contributed by atoms with Crippen LogP contribution in [0.5, 0.6) is 5.75 Å². The zero-order valence-electron chi connectivity index (χ0n) is 19.4. The van der Waals surface area contributed by atoms with Gasteiger partial charge in [-0.25, -0.2) is 20.1 Å². The Balaban J connectivity index is 1.26. The maximum absolute atomic E-state index is 11.1. The smallest absolute Gasteiger partial charge is 0.333 e. The van der Waals surface area contributed by atoms with Crippen LogP contribution < -0.4 is 9.88 Å². The molecule has 11 heteroatoms. The van der Waals surface area contributed by atoms with Crippen molar-refractivity contribution in [2.75, 3.05) is 6.61 Å². The van der Waals surface area contributed by atoms with E-state index in [0.717, 1.165) is 28.1 Å². The molecule has 0 unspecified atom stereocenters. The SMILES string of the molecule is NS(=O)(=O)OC[C@@H]1C[C@@H](Cc2ncnc3nc(-c4ccc(OCc5ccccc5)cc4)[nH]c23)C[C@@H]1O. The van der Waals surface area contributed by atoms with E-state index in [2.05, 4.69) is 19.9 Å². The van der Waals surface area contributed by atoms with Gasteiger partial charge in [0, 0.05) is 11.5 Å². The van der Waals surface area contributed by atoms with Gasteiger partial charge in [0.2, 0.25) is 0 Å². The molecule has 1 fully saturated rings. The van der Waals surface area contributed by atoms with E-state index in [1.807, 2.05) is 54.6 Å². The Labute approximate surface area is 208 Å². The van der Waals surface area contributed by atoms with Gasteiger partial charge in [0.1, 0.15) is 30.0 Å². The Hall–Kier alpha value is -3.38. The van der Waals surface area contributed by atoms with Crippen molar-refractivity contribution < 1.29 is 22.4 Å². The summed E-state index contributed by atoms with van der Waals surface area (Å²) in [5, 5.41) is 15.3. The molecule has 0 saturated heterocycles. The van der Waals surface area contributed by atoms with Crippen molar-refractivity contribution in [1.29, 1.82) is 0 Å². The van der Waals surface area contributed by atoms with Gasteiger partial charge in [0.15, 0.2) is 5.65 Å². The third-order valence-corrected chi connectivity index (χ3v) is 6.89. The summed E-state index contributed by atoms with van der Waals surface area (Å²) >= 11 is 0. The molecule has 5 rings (SSSR count). The van der Waals surface area contributed by atoms with Crippen molar-refractivity contribution in [2.45, 2.75) is 32.0 Å². The van der Waals surface area contributed by atoms with E-state index in [9.17, 15) is 13.5 Å². The average molecular weight is 510 g/mol. The molecule has 0 aliphatic heterocycles. The number of rotatable bonds is 9. The van der Waals surface area contributed by atoms with Gasteiger partial charge in [0.25, 0.3) is 0 Å². The lowest BCUT2D eigenvalue weighted by Crippen LogP contribution is -2.24. The number of H-pyrrole nitrogens is 1. The summed E-state index contributed by atoms with van der Waals surface area (Å²) < 4.78 is 32.7. The minimum absolute atomic E-state index is 0.111. The fourth-order valence-electron chi connectivity index (χ4n) is 4.63. The first-order valence-corrected chi connectivity index (χ1v) is 13.1. The zero-order valence-corrected chi connectivity index (χ0v) is 20.3. The fourth-order valence-corrected chi connectivity index (χ4v) is 5.00. The van der Waals surface area contributed by atoms with Crippen LogP contribution in [-0.4, -0.2) is 46.2 Å². The molecule has 10 nitrogen and oxygen atoms in total. The van der Waals surface area contributed by atoms with Gasteiger partial charge in [-0.05, 0) is 55.0 Å². The minimum Gasteiger partial charge on any atom is -0.489 e. The molecule has 0 radical (unpaired) electrons. The Kier molecular flexibility index (Phi) is 6.97. The van der Waals surface area contributed by atoms with Crippen LogP contribution in [0.15, 0.2) is 60.9 Å². The van der Waals surface area contributed by atoms with E-state index in [4.69, 9.17) is 14.1 Å². The molecule has 4 aromatic rings. The van der Waals surface area contributed by atoms with Crippen molar-refractivity contribution in [2.24, 2.45) is 17.0 Å². The lowest BCUT2D eigenvalue weighted by molar-refractivity contribution is 0.100. The number of hydrogen-bond donors (Lipinski definition) is 3. The largest absolute Gasteiger partial charge is 0.489 e. The Morgan fingerprint density at radius 1 is 1.06 bits per heavy atom. The standard InChI is InChI=1S/C25H27N5O5S/c26-36(32,33)35-14-19-10-17(12-22(19)31)11-21-23-25(28-15-27-21)30-24(29-23)18-6-8-20(9-7-18)34-13-16-4-2-1-3-5-16/h1-9,15,17,19,22,31H,10-14H2,(H2,26,32,33)(H,27,28,29,30)/t17-,19-,22-/m0/s1. The summed E-state index contributed by atoms with van der Waals surface area (Å²) in [4.78, 5) is 16.7. The first-order valence-electron chi connectivity index (χ1n) is 11.7. The van der Waals surface area contributed by atoms with E-state index < -0.39 is 16.4 Å². The number of aliphatic hydroxyl groups excluding tert-OH is 1. The topological polar surface area (TPSA) is 153 Å². The molecule has 0 bridgehead atoms. The number of nitrogens with one attached hydrogen (secondary N) is 1. The first-order chi connectivity index (χ1) is 17.3. The van der Waals surface area contributed by atoms with Crippen molar-refractivity contribution in [1.82, 2.24) is 19.9 Å². The molecular formula is C25H27N5O5S. The second-order valence-corrected chi connectivity index (χ2v) is 10.3. The molecule has 0 spiro atoms. The Bertz CT molecular complexity index is 1430. The lowest BCUT2D eigenvalue weighted by Gasteiger charge is -2.12. The lowest BCUT2D eigenvalue weighted by atomic mass is 9.99. The second-order valence-electron chi connectivity index (χ2n) is 9.05. The number of aromatic amines is 1.